The summed E-state index contributed by atoms with van der Waals surface area (Å²) < 4.78 is 0. The maximum absolute atomic E-state index is 9.13. The molecule has 3 rings (SSSR count). The van der Waals surface area contributed by atoms with E-state index in [2.05, 4.69) is 13.0 Å². The molecular weight excluding hydrogens is 361 g/mol. The Bertz CT molecular complexity index is 609. The Labute approximate surface area is 169 Å². The second-order valence-electron chi connectivity index (χ2n) is 8.51. The lowest BCUT2D eigenvalue weighted by molar-refractivity contribution is 0.156. The van der Waals surface area contributed by atoms with Gasteiger partial charge in [-0.25, -0.2) is 0 Å². The summed E-state index contributed by atoms with van der Waals surface area (Å²) in [6.45, 7) is 2.30. The SMILES string of the molecule is CCCCC1CCC(C2CCC(c3cc(Cl)c(C#N)c(Cl)c3)CC2)CC1. The van der Waals surface area contributed by atoms with Gasteiger partial charge in [0.25, 0.3) is 0 Å². The summed E-state index contributed by atoms with van der Waals surface area (Å²) in [7, 11) is 0. The van der Waals surface area contributed by atoms with Crippen LogP contribution >= 0.6 is 23.2 Å². The van der Waals surface area contributed by atoms with Gasteiger partial charge in [-0.1, -0.05) is 62.2 Å². The Morgan fingerprint density at radius 1 is 0.923 bits per heavy atom. The molecule has 0 atom stereocenters. The number of halogens is 2. The maximum atomic E-state index is 9.13. The number of hydrogen-bond acceptors (Lipinski definition) is 1. The van der Waals surface area contributed by atoms with E-state index in [-0.39, 0.29) is 0 Å². The van der Waals surface area contributed by atoms with Gasteiger partial charge in [0.2, 0.25) is 0 Å². The highest BCUT2D eigenvalue weighted by Crippen LogP contribution is 2.45. The van der Waals surface area contributed by atoms with E-state index in [1.54, 1.807) is 0 Å². The Kier molecular flexibility index (Phi) is 7.30. The molecular formula is C23H31Cl2N. The summed E-state index contributed by atoms with van der Waals surface area (Å²) in [4.78, 5) is 0. The molecule has 2 saturated carbocycles. The van der Waals surface area contributed by atoms with E-state index >= 15 is 0 Å². The molecule has 0 bridgehead atoms. The molecule has 0 saturated heterocycles. The molecule has 0 unspecified atom stereocenters. The molecule has 26 heavy (non-hydrogen) atoms. The molecule has 142 valence electrons. The number of rotatable bonds is 5. The maximum Gasteiger partial charge on any atom is 0.102 e. The molecule has 1 aromatic carbocycles. The molecule has 1 nitrogen and oxygen atoms in total. The zero-order valence-electron chi connectivity index (χ0n) is 15.9. The van der Waals surface area contributed by atoms with Crippen LogP contribution in [0, 0.1) is 29.1 Å². The summed E-state index contributed by atoms with van der Waals surface area (Å²) >= 11 is 12.5. The van der Waals surface area contributed by atoms with E-state index in [1.165, 1.54) is 76.2 Å². The van der Waals surface area contributed by atoms with Crippen LogP contribution in [0.1, 0.15) is 94.6 Å². The van der Waals surface area contributed by atoms with E-state index in [1.807, 2.05) is 12.1 Å². The summed E-state index contributed by atoms with van der Waals surface area (Å²) in [5.41, 5.74) is 1.63. The molecule has 2 aliphatic carbocycles. The van der Waals surface area contributed by atoms with Crippen LogP contribution in [0.15, 0.2) is 12.1 Å². The third kappa shape index (κ3) is 4.76. The number of unbranched alkanes of at least 4 members (excludes halogenated alkanes) is 1. The summed E-state index contributed by atoms with van der Waals surface area (Å²) in [5, 5.41) is 10.1. The summed E-state index contributed by atoms with van der Waals surface area (Å²) in [5.74, 6) is 3.44. The van der Waals surface area contributed by atoms with Gasteiger partial charge in [0.15, 0.2) is 0 Å². The quantitative estimate of drug-likeness (QED) is 0.496. The molecule has 0 heterocycles. The van der Waals surface area contributed by atoms with E-state index in [9.17, 15) is 0 Å². The number of benzene rings is 1. The lowest BCUT2D eigenvalue weighted by atomic mass is 9.68. The molecule has 0 spiro atoms. The largest absolute Gasteiger partial charge is 0.192 e. The summed E-state index contributed by atoms with van der Waals surface area (Å²) in [6, 6.07) is 6.03. The minimum absolute atomic E-state index is 0.408. The fourth-order valence-electron chi connectivity index (χ4n) is 5.30. The molecule has 0 aromatic heterocycles. The molecule has 0 radical (unpaired) electrons. The summed E-state index contributed by atoms with van der Waals surface area (Å²) in [6.07, 6.45) is 15.2. The lowest BCUT2D eigenvalue weighted by Gasteiger charge is -2.38. The zero-order chi connectivity index (χ0) is 18.5. The minimum atomic E-state index is 0.408. The van der Waals surface area contributed by atoms with Crippen LogP contribution in [0.3, 0.4) is 0 Å². The molecule has 1 aromatic rings. The van der Waals surface area contributed by atoms with Crippen molar-refractivity contribution in [1.82, 2.24) is 0 Å². The standard InChI is InChI=1S/C23H31Cl2N/c1-2-3-4-16-5-7-17(8-6-16)18-9-11-19(12-10-18)20-13-22(24)21(15-26)23(25)14-20/h13-14,16-19H,2-12H2,1H3. The second-order valence-corrected chi connectivity index (χ2v) is 9.32. The van der Waals surface area contributed by atoms with E-state index in [0.717, 1.165) is 17.8 Å². The van der Waals surface area contributed by atoms with Crippen LogP contribution in [0.4, 0.5) is 0 Å². The van der Waals surface area contributed by atoms with Gasteiger partial charge in [-0.2, -0.15) is 5.26 Å². The Morgan fingerprint density at radius 3 is 1.96 bits per heavy atom. The van der Waals surface area contributed by atoms with Gasteiger partial charge in [-0.05, 0) is 79.9 Å². The Balaban J connectivity index is 1.52. The third-order valence-electron chi connectivity index (χ3n) is 6.94. The van der Waals surface area contributed by atoms with Gasteiger partial charge >= 0.3 is 0 Å². The van der Waals surface area contributed by atoms with Crippen molar-refractivity contribution >= 4 is 23.2 Å². The molecule has 2 aliphatic rings. The van der Waals surface area contributed by atoms with Crippen molar-refractivity contribution in [2.45, 2.75) is 83.5 Å². The van der Waals surface area contributed by atoms with Crippen LogP contribution in [-0.2, 0) is 0 Å². The second kappa shape index (κ2) is 9.48. The Morgan fingerprint density at radius 2 is 1.46 bits per heavy atom. The van der Waals surface area contributed by atoms with Gasteiger partial charge in [0, 0.05) is 0 Å². The van der Waals surface area contributed by atoms with Gasteiger partial charge in [0.05, 0.1) is 15.6 Å². The van der Waals surface area contributed by atoms with Crippen molar-refractivity contribution in [3.63, 3.8) is 0 Å². The Hall–Kier alpha value is -0.710. The zero-order valence-corrected chi connectivity index (χ0v) is 17.5. The van der Waals surface area contributed by atoms with E-state index in [0.29, 0.717) is 21.5 Å². The van der Waals surface area contributed by atoms with Gasteiger partial charge in [-0.15, -0.1) is 0 Å². The number of nitriles is 1. The van der Waals surface area contributed by atoms with Crippen molar-refractivity contribution < 1.29 is 0 Å². The first-order valence-corrected chi connectivity index (χ1v) is 11.3. The topological polar surface area (TPSA) is 23.8 Å². The average molecular weight is 392 g/mol. The first kappa shape index (κ1) is 20.0. The highest BCUT2D eigenvalue weighted by molar-refractivity contribution is 6.36. The van der Waals surface area contributed by atoms with E-state index in [4.69, 9.17) is 28.5 Å². The highest BCUT2D eigenvalue weighted by Gasteiger charge is 2.31. The normalized spacial score (nSPS) is 29.3. The fourth-order valence-corrected chi connectivity index (χ4v) is 5.89. The number of nitrogens with zero attached hydrogens (tertiary/aromatic N) is 1. The van der Waals surface area contributed by atoms with Crippen LogP contribution in [0.2, 0.25) is 10.0 Å². The predicted molar refractivity (Wildman–Crippen MR) is 111 cm³/mol. The van der Waals surface area contributed by atoms with Gasteiger partial charge in [-0.3, -0.25) is 0 Å². The van der Waals surface area contributed by atoms with Crippen molar-refractivity contribution in [2.24, 2.45) is 17.8 Å². The molecule has 2 fully saturated rings. The third-order valence-corrected chi connectivity index (χ3v) is 7.54. The van der Waals surface area contributed by atoms with Crippen molar-refractivity contribution in [3.8, 4) is 6.07 Å². The smallest absolute Gasteiger partial charge is 0.102 e. The lowest BCUT2D eigenvalue weighted by Crippen LogP contribution is -2.25. The van der Waals surface area contributed by atoms with Crippen molar-refractivity contribution in [2.75, 3.05) is 0 Å². The van der Waals surface area contributed by atoms with Gasteiger partial charge < -0.3 is 0 Å². The van der Waals surface area contributed by atoms with Gasteiger partial charge in [0.1, 0.15) is 6.07 Å². The predicted octanol–water partition coefficient (Wildman–Crippen LogP) is 8.14. The van der Waals surface area contributed by atoms with Crippen LogP contribution in [-0.4, -0.2) is 0 Å². The average Bonchev–Trinajstić information content (AvgIpc) is 2.67. The molecule has 0 amide bonds. The molecule has 0 aliphatic heterocycles. The highest BCUT2D eigenvalue weighted by atomic mass is 35.5. The van der Waals surface area contributed by atoms with Crippen LogP contribution in [0.25, 0.3) is 0 Å². The minimum Gasteiger partial charge on any atom is -0.192 e. The van der Waals surface area contributed by atoms with E-state index < -0.39 is 0 Å². The monoisotopic (exact) mass is 391 g/mol. The number of hydrogen-bond donors (Lipinski definition) is 0. The first-order chi connectivity index (χ1) is 12.6. The fraction of sp³-hybridized carbons (Fsp3) is 0.696. The first-order valence-electron chi connectivity index (χ1n) is 10.5. The van der Waals surface area contributed by atoms with Crippen molar-refractivity contribution in [3.05, 3.63) is 33.3 Å². The van der Waals surface area contributed by atoms with Crippen LogP contribution < -0.4 is 0 Å². The molecule has 3 heteroatoms. The van der Waals surface area contributed by atoms with Crippen LogP contribution in [0.5, 0.6) is 0 Å². The van der Waals surface area contributed by atoms with Crippen molar-refractivity contribution in [1.29, 1.82) is 5.26 Å². The molecule has 0 N–H and O–H groups in total.